The third-order valence-corrected chi connectivity index (χ3v) is 7.85. The van der Waals surface area contributed by atoms with Crippen molar-refractivity contribution in [2.75, 3.05) is 39.3 Å². The fraction of sp³-hybridized carbons (Fsp3) is 0.905. The molecule has 1 saturated carbocycles. The van der Waals surface area contributed by atoms with Gasteiger partial charge in [-0.05, 0) is 50.9 Å². The van der Waals surface area contributed by atoms with Gasteiger partial charge in [-0.15, -0.1) is 0 Å². The molecule has 31 heavy (non-hydrogen) atoms. The maximum atomic E-state index is 12.8. The normalized spacial score (nSPS) is 31.5. The lowest BCUT2D eigenvalue weighted by atomic mass is 9.49. The molecular weight excluding hydrogens is 389 g/mol. The van der Waals surface area contributed by atoms with Crippen molar-refractivity contribution in [1.29, 1.82) is 0 Å². The molecule has 6 radical (unpaired) electrons. The zero-order valence-corrected chi connectivity index (χ0v) is 19.0. The molecule has 2 spiro atoms. The average Bonchev–Trinajstić information content (AvgIpc) is 3.22. The topological polar surface area (TPSA) is 56.3 Å². The van der Waals surface area contributed by atoms with Crippen LogP contribution < -0.4 is 0 Å². The van der Waals surface area contributed by atoms with Crippen LogP contribution in [-0.4, -0.2) is 112 Å². The van der Waals surface area contributed by atoms with Crippen LogP contribution in [0.3, 0.4) is 0 Å². The monoisotopic (exact) mass is 422 g/mol. The predicted molar refractivity (Wildman–Crippen MR) is 121 cm³/mol. The second kappa shape index (κ2) is 8.33. The molecule has 3 heterocycles. The lowest BCUT2D eigenvalue weighted by Crippen LogP contribution is -2.64. The van der Waals surface area contributed by atoms with Gasteiger partial charge in [-0.3, -0.25) is 9.80 Å². The molecule has 0 N–H and O–H groups in total. The van der Waals surface area contributed by atoms with E-state index in [4.69, 9.17) is 28.3 Å². The van der Waals surface area contributed by atoms with E-state index in [0.717, 1.165) is 71.2 Å². The van der Waals surface area contributed by atoms with Gasteiger partial charge in [0.15, 0.2) is 0 Å². The Hall–Kier alpha value is -1.15. The molecule has 2 amide bonds. The standard InChI is InChI=1S/C21H33B3N4O3/c1-3-8-27-20(14-17(29)28(27)21(22,23)24)6-10-25(11-7-20)16-12-19(13-16)5-9-26(15-19)18(30)31-4-2/h16H,3-15H2,1-2H3. The second-order valence-corrected chi connectivity index (χ2v) is 10.1. The lowest BCUT2D eigenvalue weighted by molar-refractivity contribution is -0.144. The van der Waals surface area contributed by atoms with E-state index in [9.17, 15) is 9.59 Å². The number of hydrazine groups is 1. The second-order valence-electron chi connectivity index (χ2n) is 10.1. The highest BCUT2D eigenvalue weighted by Gasteiger charge is 2.56. The molecule has 0 aromatic carbocycles. The Morgan fingerprint density at radius 1 is 1.13 bits per heavy atom. The van der Waals surface area contributed by atoms with Crippen LogP contribution in [-0.2, 0) is 9.53 Å². The van der Waals surface area contributed by atoms with E-state index in [1.54, 1.807) is 0 Å². The third-order valence-electron chi connectivity index (χ3n) is 7.85. The number of amides is 2. The van der Waals surface area contributed by atoms with Gasteiger partial charge in [0.25, 0.3) is 0 Å². The molecule has 164 valence electrons. The van der Waals surface area contributed by atoms with E-state index in [1.165, 1.54) is 5.01 Å². The van der Waals surface area contributed by atoms with E-state index >= 15 is 0 Å². The molecular formula is C21H33B3N4O3. The number of hydrogen-bond donors (Lipinski definition) is 0. The summed E-state index contributed by atoms with van der Waals surface area (Å²) in [6, 6.07) is 0.560. The first-order chi connectivity index (χ1) is 14.6. The Balaban J connectivity index is 1.33. The quantitative estimate of drug-likeness (QED) is 0.615. The molecule has 0 atom stereocenters. The van der Waals surface area contributed by atoms with E-state index in [1.807, 2.05) is 11.8 Å². The Labute approximate surface area is 190 Å². The molecule has 4 fully saturated rings. The largest absolute Gasteiger partial charge is 0.450 e. The number of hydrogen-bond acceptors (Lipinski definition) is 5. The van der Waals surface area contributed by atoms with Gasteiger partial charge in [-0.2, -0.15) is 0 Å². The first-order valence-corrected chi connectivity index (χ1v) is 11.8. The van der Waals surface area contributed by atoms with Gasteiger partial charge in [0.2, 0.25) is 5.91 Å². The summed E-state index contributed by atoms with van der Waals surface area (Å²) in [5, 5.41) is 1.79. The fourth-order valence-corrected chi connectivity index (χ4v) is 6.35. The van der Waals surface area contributed by atoms with Crippen molar-refractivity contribution in [3.63, 3.8) is 0 Å². The van der Waals surface area contributed by atoms with Gasteiger partial charge in [0.05, 0.1) is 35.7 Å². The number of ether oxygens (including phenoxy) is 1. The van der Waals surface area contributed by atoms with Crippen LogP contribution >= 0.6 is 0 Å². The van der Waals surface area contributed by atoms with Crippen LogP contribution in [0.2, 0.25) is 0 Å². The molecule has 0 unspecified atom stereocenters. The van der Waals surface area contributed by atoms with Crippen molar-refractivity contribution in [3.8, 4) is 0 Å². The summed E-state index contributed by atoms with van der Waals surface area (Å²) >= 11 is 0. The average molecular weight is 422 g/mol. The molecule has 10 heteroatoms. The third kappa shape index (κ3) is 4.14. The van der Waals surface area contributed by atoms with Gasteiger partial charge in [-0.25, -0.2) is 9.80 Å². The first kappa shape index (κ1) is 23.0. The minimum absolute atomic E-state index is 0.0815. The van der Waals surface area contributed by atoms with Crippen molar-refractivity contribution >= 4 is 35.5 Å². The highest BCUT2D eigenvalue weighted by Crippen LogP contribution is 2.51. The highest BCUT2D eigenvalue weighted by atomic mass is 16.6. The summed E-state index contributed by atoms with van der Waals surface area (Å²) in [7, 11) is 17.8. The predicted octanol–water partition coefficient (Wildman–Crippen LogP) is 0.808. The summed E-state index contributed by atoms with van der Waals surface area (Å²) in [6.45, 7) is 8.61. The molecule has 4 rings (SSSR count). The van der Waals surface area contributed by atoms with E-state index < -0.39 is 5.24 Å². The van der Waals surface area contributed by atoms with Crippen LogP contribution in [0.4, 0.5) is 4.79 Å². The fourth-order valence-electron chi connectivity index (χ4n) is 6.35. The summed E-state index contributed by atoms with van der Waals surface area (Å²) in [5.41, 5.74) is 0.0294. The first-order valence-electron chi connectivity index (χ1n) is 11.8. The molecule has 0 aromatic heterocycles. The van der Waals surface area contributed by atoms with Crippen molar-refractivity contribution in [3.05, 3.63) is 0 Å². The molecule has 3 saturated heterocycles. The van der Waals surface area contributed by atoms with E-state index in [0.29, 0.717) is 19.1 Å². The smallest absolute Gasteiger partial charge is 0.409 e. The molecule has 7 nitrogen and oxygen atoms in total. The lowest BCUT2D eigenvalue weighted by Gasteiger charge is -2.54. The summed E-state index contributed by atoms with van der Waals surface area (Å²) in [4.78, 5) is 29.2. The zero-order chi connectivity index (χ0) is 22.4. The zero-order valence-electron chi connectivity index (χ0n) is 19.0. The van der Waals surface area contributed by atoms with Crippen LogP contribution in [0.5, 0.6) is 0 Å². The van der Waals surface area contributed by atoms with Crippen LogP contribution in [0, 0.1) is 5.41 Å². The van der Waals surface area contributed by atoms with Gasteiger partial charge in [-0.1, -0.05) is 12.2 Å². The van der Waals surface area contributed by atoms with Crippen molar-refractivity contribution < 1.29 is 14.3 Å². The maximum Gasteiger partial charge on any atom is 0.409 e. The molecule has 1 aliphatic carbocycles. The molecule has 4 aliphatic rings. The number of rotatable bonds is 5. The van der Waals surface area contributed by atoms with Gasteiger partial charge in [0, 0.05) is 45.2 Å². The number of nitrogens with zero attached hydrogens (tertiary/aromatic N) is 4. The number of carbonyl (C=O) groups is 2. The van der Waals surface area contributed by atoms with Gasteiger partial charge >= 0.3 is 6.09 Å². The number of carbonyl (C=O) groups excluding carboxylic acids is 2. The summed E-state index contributed by atoms with van der Waals surface area (Å²) in [6.07, 6.45) is 6.30. The molecule has 0 aromatic rings. The van der Waals surface area contributed by atoms with Gasteiger partial charge < -0.3 is 14.5 Å². The van der Waals surface area contributed by atoms with Crippen LogP contribution in [0.25, 0.3) is 0 Å². The highest BCUT2D eigenvalue weighted by molar-refractivity contribution is 6.59. The number of likely N-dealkylation sites (tertiary alicyclic amines) is 2. The van der Waals surface area contributed by atoms with E-state index in [-0.39, 0.29) is 23.0 Å². The van der Waals surface area contributed by atoms with Crippen LogP contribution in [0.1, 0.15) is 58.8 Å². The minimum Gasteiger partial charge on any atom is -0.450 e. The van der Waals surface area contributed by atoms with Crippen molar-refractivity contribution in [1.82, 2.24) is 19.8 Å². The SMILES string of the molecule is [B]C([B])([B])N1C(=O)CC2(CCN(C3CC4(CCN(C(=O)OCC)C4)C3)CC2)N1CCC. The molecule has 0 bridgehead atoms. The Kier molecular flexibility index (Phi) is 6.18. The van der Waals surface area contributed by atoms with Crippen molar-refractivity contribution in [2.45, 2.75) is 75.6 Å². The Morgan fingerprint density at radius 2 is 1.81 bits per heavy atom. The van der Waals surface area contributed by atoms with Gasteiger partial charge in [0.1, 0.15) is 0 Å². The minimum atomic E-state index is -1.67. The maximum absolute atomic E-state index is 12.8. The van der Waals surface area contributed by atoms with Crippen LogP contribution in [0.15, 0.2) is 0 Å². The molecule has 3 aliphatic heterocycles. The number of piperidine rings is 1. The Bertz CT molecular complexity index is 702. The Morgan fingerprint density at radius 3 is 2.39 bits per heavy atom. The summed E-state index contributed by atoms with van der Waals surface area (Å²) < 4.78 is 5.17. The summed E-state index contributed by atoms with van der Waals surface area (Å²) in [5.74, 6) is -0.0815. The van der Waals surface area contributed by atoms with E-state index in [2.05, 4.69) is 16.8 Å². The van der Waals surface area contributed by atoms with Crippen molar-refractivity contribution in [2.24, 2.45) is 5.41 Å².